The first kappa shape index (κ1) is 9.02. The highest BCUT2D eigenvalue weighted by Crippen LogP contribution is 2.25. The van der Waals surface area contributed by atoms with Crippen molar-refractivity contribution in [1.29, 1.82) is 5.41 Å². The molecule has 1 aromatic heterocycles. The second kappa shape index (κ2) is 3.31. The Bertz CT molecular complexity index is 499. The fourth-order valence-electron chi connectivity index (χ4n) is 1.32. The van der Waals surface area contributed by atoms with Crippen LogP contribution >= 0.6 is 11.3 Å². The lowest BCUT2D eigenvalue weighted by Gasteiger charge is -1.98. The van der Waals surface area contributed by atoms with E-state index in [2.05, 4.69) is 0 Å². The van der Waals surface area contributed by atoms with Crippen molar-refractivity contribution in [1.82, 2.24) is 4.73 Å². The van der Waals surface area contributed by atoms with Gasteiger partial charge in [0.05, 0.1) is 10.6 Å². The number of aromatic nitrogens is 1. The Morgan fingerprint density at radius 3 is 2.43 bits per heavy atom. The zero-order chi connectivity index (χ0) is 10.1. The van der Waals surface area contributed by atoms with Gasteiger partial charge in [0.1, 0.15) is 0 Å². The predicted octanol–water partition coefficient (Wildman–Crippen LogP) is 2.24. The van der Waals surface area contributed by atoms with Crippen molar-refractivity contribution in [3.8, 4) is 10.4 Å². The minimum absolute atomic E-state index is 0.154. The minimum Gasteiger partial charge on any atom is -0.426 e. The van der Waals surface area contributed by atoms with Crippen molar-refractivity contribution in [2.75, 3.05) is 0 Å². The molecule has 0 saturated heterocycles. The summed E-state index contributed by atoms with van der Waals surface area (Å²) in [6.45, 7) is 1.80. The maximum Gasteiger partial charge on any atom is 0.216 e. The molecule has 2 N–H and O–H groups in total. The summed E-state index contributed by atoms with van der Waals surface area (Å²) in [6.07, 6.45) is 0. The molecule has 0 amide bonds. The molecule has 0 aliphatic rings. The van der Waals surface area contributed by atoms with Crippen molar-refractivity contribution in [2.45, 2.75) is 6.92 Å². The molecule has 0 atom stereocenters. The Balaban J connectivity index is 2.64. The highest BCUT2D eigenvalue weighted by molar-refractivity contribution is 7.12. The van der Waals surface area contributed by atoms with Crippen molar-refractivity contribution in [3.05, 3.63) is 40.8 Å². The highest BCUT2D eigenvalue weighted by Gasteiger charge is 2.08. The zero-order valence-electron chi connectivity index (χ0n) is 7.69. The zero-order valence-corrected chi connectivity index (χ0v) is 8.51. The number of rotatable bonds is 1. The summed E-state index contributed by atoms with van der Waals surface area (Å²) in [6, 6.07) is 9.78. The van der Waals surface area contributed by atoms with Gasteiger partial charge in [0.15, 0.2) is 0 Å². The van der Waals surface area contributed by atoms with E-state index in [0.717, 1.165) is 15.2 Å². The molecule has 0 spiro atoms. The summed E-state index contributed by atoms with van der Waals surface area (Å²) < 4.78 is 0.910. The van der Waals surface area contributed by atoms with Crippen LogP contribution in [0, 0.1) is 12.3 Å². The Labute approximate surface area is 85.4 Å². The van der Waals surface area contributed by atoms with Gasteiger partial charge in [-0.2, -0.15) is 4.73 Å². The smallest absolute Gasteiger partial charge is 0.216 e. The summed E-state index contributed by atoms with van der Waals surface area (Å²) in [5, 5.41) is 16.9. The average molecular weight is 206 g/mol. The Kier molecular flexibility index (Phi) is 2.13. The summed E-state index contributed by atoms with van der Waals surface area (Å²) in [7, 11) is 0. The van der Waals surface area contributed by atoms with Gasteiger partial charge in [0, 0.05) is 0 Å². The predicted molar refractivity (Wildman–Crippen MR) is 55.5 cm³/mol. The summed E-state index contributed by atoms with van der Waals surface area (Å²) in [4.78, 5) is 1.10. The van der Waals surface area contributed by atoms with Crippen molar-refractivity contribution >= 4 is 11.3 Å². The Morgan fingerprint density at radius 2 is 1.93 bits per heavy atom. The van der Waals surface area contributed by atoms with E-state index in [1.807, 2.05) is 30.3 Å². The van der Waals surface area contributed by atoms with Gasteiger partial charge in [-0.05, 0) is 12.5 Å². The van der Waals surface area contributed by atoms with E-state index >= 15 is 0 Å². The van der Waals surface area contributed by atoms with Crippen molar-refractivity contribution < 1.29 is 5.21 Å². The van der Waals surface area contributed by atoms with E-state index in [1.54, 1.807) is 6.92 Å². The van der Waals surface area contributed by atoms with Gasteiger partial charge in [0.25, 0.3) is 0 Å². The number of hydrogen-bond acceptors (Lipinski definition) is 3. The van der Waals surface area contributed by atoms with Crippen LogP contribution < -0.4 is 4.80 Å². The lowest BCUT2D eigenvalue weighted by atomic mass is 10.2. The third-order valence-electron chi connectivity index (χ3n) is 2.07. The molecule has 3 nitrogen and oxygen atoms in total. The third-order valence-corrected chi connectivity index (χ3v) is 3.17. The molecular weight excluding hydrogens is 196 g/mol. The molecule has 14 heavy (non-hydrogen) atoms. The fraction of sp³-hybridized carbons (Fsp3) is 0.100. The van der Waals surface area contributed by atoms with E-state index in [0.29, 0.717) is 5.69 Å². The maximum absolute atomic E-state index is 9.43. The monoisotopic (exact) mass is 206 g/mol. The summed E-state index contributed by atoms with van der Waals surface area (Å²) in [5.74, 6) is 0. The molecule has 1 aromatic carbocycles. The van der Waals surface area contributed by atoms with Crippen LogP contribution in [0.3, 0.4) is 0 Å². The van der Waals surface area contributed by atoms with Crippen LogP contribution in [0.1, 0.15) is 5.69 Å². The molecule has 72 valence electrons. The molecular formula is C10H10N2OS. The first-order valence-corrected chi connectivity index (χ1v) is 5.03. The van der Waals surface area contributed by atoms with E-state index in [-0.39, 0.29) is 4.80 Å². The van der Waals surface area contributed by atoms with Crippen molar-refractivity contribution in [2.24, 2.45) is 0 Å². The Morgan fingerprint density at radius 1 is 1.29 bits per heavy atom. The molecule has 0 fully saturated rings. The van der Waals surface area contributed by atoms with Crippen LogP contribution in [-0.4, -0.2) is 9.94 Å². The van der Waals surface area contributed by atoms with Crippen LogP contribution in [0.15, 0.2) is 30.3 Å². The third kappa shape index (κ3) is 1.33. The number of hydrogen-bond donors (Lipinski definition) is 2. The molecule has 0 aliphatic carbocycles. The molecule has 4 heteroatoms. The SMILES string of the molecule is Cc1c(-c2ccccc2)sc(=N)n1O. The van der Waals surface area contributed by atoms with E-state index in [4.69, 9.17) is 5.41 Å². The quantitative estimate of drug-likeness (QED) is 0.691. The highest BCUT2D eigenvalue weighted by atomic mass is 32.1. The standard InChI is InChI=1S/C10H10N2OS/c1-7-9(14-10(11)12(7)13)8-5-3-2-4-6-8/h2-6,11,13H,1H3. The minimum atomic E-state index is 0.154. The summed E-state index contributed by atoms with van der Waals surface area (Å²) >= 11 is 1.27. The lowest BCUT2D eigenvalue weighted by molar-refractivity contribution is 0.170. The second-order valence-electron chi connectivity index (χ2n) is 3.00. The van der Waals surface area contributed by atoms with Gasteiger partial charge >= 0.3 is 0 Å². The molecule has 0 radical (unpaired) electrons. The van der Waals surface area contributed by atoms with Gasteiger partial charge in [-0.3, -0.25) is 5.41 Å². The largest absolute Gasteiger partial charge is 0.426 e. The normalized spacial score (nSPS) is 10.4. The van der Waals surface area contributed by atoms with Gasteiger partial charge in [-0.1, -0.05) is 41.7 Å². The van der Waals surface area contributed by atoms with Crippen LogP contribution in [0.4, 0.5) is 0 Å². The Hall–Kier alpha value is -1.55. The first-order chi connectivity index (χ1) is 6.70. The van der Waals surface area contributed by atoms with E-state index in [9.17, 15) is 5.21 Å². The number of thiazole rings is 1. The maximum atomic E-state index is 9.43. The molecule has 2 aromatic rings. The van der Waals surface area contributed by atoms with Gasteiger partial charge < -0.3 is 5.21 Å². The first-order valence-electron chi connectivity index (χ1n) is 4.22. The number of nitrogens with zero attached hydrogens (tertiary/aromatic N) is 1. The fourth-order valence-corrected chi connectivity index (χ4v) is 2.22. The second-order valence-corrected chi connectivity index (χ2v) is 4.00. The van der Waals surface area contributed by atoms with Crippen LogP contribution in [-0.2, 0) is 0 Å². The van der Waals surface area contributed by atoms with E-state index in [1.165, 1.54) is 11.3 Å². The molecule has 0 bridgehead atoms. The van der Waals surface area contributed by atoms with Crippen LogP contribution in [0.2, 0.25) is 0 Å². The number of benzene rings is 1. The van der Waals surface area contributed by atoms with Crippen LogP contribution in [0.5, 0.6) is 0 Å². The molecule has 2 rings (SSSR count). The van der Waals surface area contributed by atoms with E-state index < -0.39 is 0 Å². The summed E-state index contributed by atoms with van der Waals surface area (Å²) in [5.41, 5.74) is 1.75. The topological polar surface area (TPSA) is 49.0 Å². The molecule has 0 aliphatic heterocycles. The average Bonchev–Trinajstić information content (AvgIpc) is 2.47. The van der Waals surface area contributed by atoms with Gasteiger partial charge in [-0.15, -0.1) is 0 Å². The molecule has 1 heterocycles. The number of nitrogens with one attached hydrogen (secondary N) is 1. The van der Waals surface area contributed by atoms with Gasteiger partial charge in [0.2, 0.25) is 4.80 Å². The van der Waals surface area contributed by atoms with Crippen molar-refractivity contribution in [3.63, 3.8) is 0 Å². The molecule has 0 saturated carbocycles. The van der Waals surface area contributed by atoms with Gasteiger partial charge in [-0.25, -0.2) is 0 Å². The lowest BCUT2D eigenvalue weighted by Crippen LogP contribution is -2.10. The molecule has 0 unspecified atom stereocenters. The van der Waals surface area contributed by atoms with Crippen LogP contribution in [0.25, 0.3) is 10.4 Å².